The SMILES string of the molecule is [2H]N1CCC([2H])([2H])OP1(=O)N(CC([2H])([2H])Cl)C([2H])([2H])C([2H])([2H])Cl. The van der Waals surface area contributed by atoms with E-state index in [1.54, 1.807) is 0 Å². The van der Waals surface area contributed by atoms with Crippen LogP contribution in [-0.2, 0) is 9.09 Å². The first-order valence-corrected chi connectivity index (χ1v) is 5.95. The van der Waals surface area contributed by atoms with Gasteiger partial charge in [0.05, 0.1) is 9.30 Å². The standard InChI is InChI=1S/C7H15Cl2N2O2P/c8-2-5-11(6-3-9)14(12)10-4-1-7-13-14/h1-7H2,(H,10,12)/i2D2,3D2,5D2,7D2/hD. The minimum absolute atomic E-state index is 0.0456. The molecule has 1 atom stereocenters. The molecule has 0 aromatic rings. The van der Waals surface area contributed by atoms with E-state index < -0.39 is 45.5 Å². The third-order valence-corrected chi connectivity index (χ3v) is 3.34. The van der Waals surface area contributed by atoms with Gasteiger partial charge in [0, 0.05) is 39.5 Å². The Hall–Kier alpha value is 0.690. The van der Waals surface area contributed by atoms with E-state index in [4.69, 9.17) is 40.1 Å². The van der Waals surface area contributed by atoms with Gasteiger partial charge in [-0.2, -0.15) is 0 Å². The molecule has 1 fully saturated rings. The van der Waals surface area contributed by atoms with Gasteiger partial charge in [-0.15, -0.1) is 23.2 Å². The summed E-state index contributed by atoms with van der Waals surface area (Å²) >= 11 is 10.7. The van der Waals surface area contributed by atoms with Crippen molar-refractivity contribution in [3.63, 3.8) is 0 Å². The van der Waals surface area contributed by atoms with Crippen molar-refractivity contribution in [3.05, 3.63) is 0 Å². The molecule has 0 aliphatic carbocycles. The van der Waals surface area contributed by atoms with Gasteiger partial charge >= 0.3 is 7.67 Å². The Morgan fingerprint density at radius 1 is 1.71 bits per heavy atom. The number of hydrogen-bond donors (Lipinski definition) is 1. The zero-order chi connectivity index (χ0) is 18.5. The Labute approximate surface area is 107 Å². The Kier molecular flexibility index (Phi) is 2.21. The van der Waals surface area contributed by atoms with Gasteiger partial charge in [-0.25, -0.2) is 9.75 Å². The van der Waals surface area contributed by atoms with Gasteiger partial charge < -0.3 is 4.52 Å². The first-order chi connectivity index (χ1) is 9.92. The van der Waals surface area contributed by atoms with Crippen LogP contribution in [0.2, 0.25) is 1.41 Å². The molecule has 7 heteroatoms. The molecule has 1 aliphatic rings. The smallest absolute Gasteiger partial charge is 0.306 e. The molecule has 0 aromatic heterocycles. The summed E-state index contributed by atoms with van der Waals surface area (Å²) in [7, 11) is -4.82. The molecule has 1 N–H and O–H groups in total. The fraction of sp³-hybridized carbons (Fsp3) is 1.00. The monoisotopic (exact) mass is 269 g/mol. The van der Waals surface area contributed by atoms with Crippen LogP contribution in [0.4, 0.5) is 0 Å². The van der Waals surface area contributed by atoms with E-state index in [1.165, 1.54) is 0 Å². The largest absolute Gasteiger partial charge is 0.343 e. The Balaban J connectivity index is 3.42. The molecule has 0 saturated carbocycles. The first kappa shape index (κ1) is 4.91. The Bertz CT molecular complexity index is 497. The van der Waals surface area contributed by atoms with E-state index in [2.05, 4.69) is 0 Å². The molecule has 1 saturated heterocycles. The van der Waals surface area contributed by atoms with Crippen molar-refractivity contribution >= 4 is 30.9 Å². The minimum Gasteiger partial charge on any atom is -0.306 e. The lowest BCUT2D eigenvalue weighted by Crippen LogP contribution is -2.35. The summed E-state index contributed by atoms with van der Waals surface area (Å²) in [5.74, 6) is -5.82. The lowest BCUT2D eigenvalue weighted by Gasteiger charge is -2.33. The summed E-state index contributed by atoms with van der Waals surface area (Å²) in [5.41, 5.74) is 0. The number of nitrogens with one attached hydrogen (secondary N) is 1. The normalized spacial score (nSPS) is 45.8. The predicted molar refractivity (Wildman–Crippen MR) is 59.2 cm³/mol. The zero-order valence-electron chi connectivity index (χ0n) is 16.0. The lowest BCUT2D eigenvalue weighted by atomic mass is 10.5. The number of hydrogen-bond acceptors (Lipinski definition) is 2. The van der Waals surface area contributed by atoms with Crippen molar-refractivity contribution in [2.75, 3.05) is 37.8 Å². The van der Waals surface area contributed by atoms with Crippen molar-refractivity contribution in [3.8, 4) is 0 Å². The summed E-state index contributed by atoms with van der Waals surface area (Å²) in [5, 5.41) is 0.261. The van der Waals surface area contributed by atoms with Crippen LogP contribution in [0.5, 0.6) is 0 Å². The summed E-state index contributed by atoms with van der Waals surface area (Å²) < 4.78 is 85.3. The molecule has 0 spiro atoms. The highest BCUT2D eigenvalue weighted by molar-refractivity contribution is 7.54. The van der Waals surface area contributed by atoms with Gasteiger partial charge in [0.2, 0.25) is 0 Å². The molecule has 1 aliphatic heterocycles. The van der Waals surface area contributed by atoms with E-state index in [0.717, 1.165) is 0 Å². The highest BCUT2D eigenvalue weighted by Gasteiger charge is 2.32. The van der Waals surface area contributed by atoms with Crippen LogP contribution in [0.15, 0.2) is 0 Å². The van der Waals surface area contributed by atoms with E-state index >= 15 is 0 Å². The average Bonchev–Trinajstić information content (AvgIpc) is 2.28. The van der Waals surface area contributed by atoms with Crippen molar-refractivity contribution in [1.82, 2.24) is 9.75 Å². The van der Waals surface area contributed by atoms with Crippen molar-refractivity contribution < 1.29 is 21.5 Å². The maximum Gasteiger partial charge on any atom is 0.343 e. The topological polar surface area (TPSA) is 41.6 Å². The highest BCUT2D eigenvalue weighted by Crippen LogP contribution is 2.47. The van der Waals surface area contributed by atoms with Crippen LogP contribution in [0.1, 0.15) is 17.4 Å². The van der Waals surface area contributed by atoms with Gasteiger partial charge in [-0.05, 0) is 6.42 Å². The quantitative estimate of drug-likeness (QED) is 0.612. The van der Waals surface area contributed by atoms with Crippen molar-refractivity contribution in [2.45, 2.75) is 6.42 Å². The molecule has 14 heavy (non-hydrogen) atoms. The van der Waals surface area contributed by atoms with E-state index in [-0.39, 0.29) is 16.2 Å². The number of alkyl halides is 2. The molecule has 4 nitrogen and oxygen atoms in total. The molecular weight excluding hydrogens is 246 g/mol. The summed E-state index contributed by atoms with van der Waals surface area (Å²) in [6.45, 7) is -7.32. The van der Waals surface area contributed by atoms with Crippen LogP contribution in [0.3, 0.4) is 0 Å². The van der Waals surface area contributed by atoms with Crippen molar-refractivity contribution in [2.24, 2.45) is 0 Å². The first-order valence-electron chi connectivity index (χ1n) is 8.11. The second-order valence-corrected chi connectivity index (χ2v) is 4.62. The lowest BCUT2D eigenvalue weighted by molar-refractivity contribution is 0.233. The van der Waals surface area contributed by atoms with E-state index in [0.29, 0.717) is 0 Å². The zero-order valence-corrected chi connectivity index (χ0v) is 9.44. The van der Waals surface area contributed by atoms with E-state index in [9.17, 15) is 4.57 Å². The minimum atomic E-state index is -4.82. The van der Waals surface area contributed by atoms with Gasteiger partial charge in [0.25, 0.3) is 0 Å². The fourth-order valence-electron chi connectivity index (χ4n) is 0.804. The molecule has 0 aromatic carbocycles. The van der Waals surface area contributed by atoms with Crippen LogP contribution in [0.25, 0.3) is 0 Å². The predicted octanol–water partition coefficient (Wildman–Crippen LogP) is 1.88. The number of nitrogens with zero attached hydrogens (tertiary/aromatic N) is 1. The van der Waals surface area contributed by atoms with Gasteiger partial charge in [-0.3, -0.25) is 4.57 Å². The molecule has 0 radical (unpaired) electrons. The second-order valence-electron chi connectivity index (χ2n) is 2.24. The Morgan fingerprint density at radius 3 is 3.14 bits per heavy atom. The number of halogens is 2. The van der Waals surface area contributed by atoms with Gasteiger partial charge in [0.1, 0.15) is 1.41 Å². The molecule has 1 heterocycles. The van der Waals surface area contributed by atoms with Crippen LogP contribution in [-0.4, -0.2) is 42.5 Å². The maximum absolute atomic E-state index is 13.0. The second kappa shape index (κ2) is 6.31. The highest BCUT2D eigenvalue weighted by atomic mass is 35.5. The van der Waals surface area contributed by atoms with Crippen LogP contribution < -0.4 is 5.08 Å². The molecule has 1 rings (SSSR count). The molecular formula is C7H15Cl2N2O2P. The summed E-state index contributed by atoms with van der Waals surface area (Å²) in [6, 6.07) is 0. The third kappa shape index (κ3) is 3.37. The number of rotatable bonds is 5. The molecule has 1 unspecified atom stereocenters. The van der Waals surface area contributed by atoms with Crippen LogP contribution in [0, 0.1) is 0 Å². The fourth-order valence-corrected chi connectivity index (χ4v) is 2.51. The van der Waals surface area contributed by atoms with Gasteiger partial charge in [-0.1, -0.05) is 0 Å². The van der Waals surface area contributed by atoms with Crippen LogP contribution >= 0.6 is 30.9 Å². The Morgan fingerprint density at radius 2 is 2.50 bits per heavy atom. The molecule has 0 amide bonds. The molecule has 0 bridgehead atoms. The average molecular weight is 270 g/mol. The summed E-state index contributed by atoms with van der Waals surface area (Å²) in [6.07, 6.45) is -0.334. The summed E-state index contributed by atoms with van der Waals surface area (Å²) in [4.78, 5) is 0. The van der Waals surface area contributed by atoms with E-state index in [1.807, 2.05) is 0 Å². The molecule has 84 valence electrons. The van der Waals surface area contributed by atoms with Crippen molar-refractivity contribution in [1.29, 1.82) is 0 Å². The van der Waals surface area contributed by atoms with Gasteiger partial charge in [0.15, 0.2) is 0 Å². The third-order valence-electron chi connectivity index (χ3n) is 1.36. The maximum atomic E-state index is 13.0.